The van der Waals surface area contributed by atoms with Crippen molar-refractivity contribution in [2.45, 2.75) is 19.4 Å². The molecule has 1 unspecified atom stereocenters. The van der Waals surface area contributed by atoms with Crippen molar-refractivity contribution < 1.29 is 14.2 Å². The predicted octanol–water partition coefficient (Wildman–Crippen LogP) is 2.19. The minimum absolute atomic E-state index is 0.0972. The molecule has 84 valence electrons. The first-order valence-electron chi connectivity index (χ1n) is 4.46. The Hall–Kier alpha value is -0.810. The van der Waals surface area contributed by atoms with Crippen LogP contribution in [-0.4, -0.2) is 18.3 Å². The van der Waals surface area contributed by atoms with Gasteiger partial charge in [-0.25, -0.2) is 4.39 Å². The van der Waals surface area contributed by atoms with Gasteiger partial charge in [0.1, 0.15) is 0 Å². The molecular weight excluding hydrogens is 265 g/mol. The van der Waals surface area contributed by atoms with E-state index in [0.29, 0.717) is 16.5 Å². The molecule has 3 nitrogen and oxygen atoms in total. The number of methoxy groups -OCH3 is 1. The van der Waals surface area contributed by atoms with E-state index < -0.39 is 11.6 Å². The molecule has 1 atom stereocenters. The zero-order valence-electron chi connectivity index (χ0n) is 8.55. The highest BCUT2D eigenvalue weighted by molar-refractivity contribution is 9.10. The Bertz CT molecular complexity index is 369. The van der Waals surface area contributed by atoms with Crippen LogP contribution in [0.1, 0.15) is 12.5 Å². The van der Waals surface area contributed by atoms with Crippen LogP contribution in [0.3, 0.4) is 0 Å². The van der Waals surface area contributed by atoms with Gasteiger partial charge in [-0.15, -0.1) is 0 Å². The van der Waals surface area contributed by atoms with Crippen molar-refractivity contribution in [2.24, 2.45) is 5.73 Å². The van der Waals surface area contributed by atoms with E-state index in [2.05, 4.69) is 15.9 Å². The molecule has 15 heavy (non-hydrogen) atoms. The molecule has 0 bridgehead atoms. The van der Waals surface area contributed by atoms with E-state index in [1.165, 1.54) is 13.2 Å². The molecule has 5 heteroatoms. The van der Waals surface area contributed by atoms with E-state index in [0.717, 1.165) is 0 Å². The summed E-state index contributed by atoms with van der Waals surface area (Å²) in [5, 5.41) is 9.45. The number of hydrogen-bond donors (Lipinski definition) is 2. The molecule has 0 saturated heterocycles. The maximum Gasteiger partial charge on any atom is 0.194 e. The van der Waals surface area contributed by atoms with Crippen LogP contribution in [0.2, 0.25) is 0 Å². The number of benzene rings is 1. The van der Waals surface area contributed by atoms with E-state index in [9.17, 15) is 9.50 Å². The summed E-state index contributed by atoms with van der Waals surface area (Å²) in [5.41, 5.74) is 6.33. The van der Waals surface area contributed by atoms with Gasteiger partial charge in [0.15, 0.2) is 17.3 Å². The third-order valence-corrected chi connectivity index (χ3v) is 2.69. The fraction of sp³-hybridized carbons (Fsp3) is 0.400. The van der Waals surface area contributed by atoms with E-state index in [1.54, 1.807) is 0 Å². The molecule has 0 saturated carbocycles. The molecule has 1 aromatic rings. The van der Waals surface area contributed by atoms with Crippen molar-refractivity contribution in [3.05, 3.63) is 21.9 Å². The molecular formula is C10H13BrFNO2. The summed E-state index contributed by atoms with van der Waals surface area (Å²) >= 11 is 3.21. The Morgan fingerprint density at radius 1 is 1.67 bits per heavy atom. The SMILES string of the molecule is COc1c(O)c(F)cc(Br)c1CC(C)N. The monoisotopic (exact) mass is 277 g/mol. The maximum atomic E-state index is 13.2. The van der Waals surface area contributed by atoms with Crippen LogP contribution in [0.4, 0.5) is 4.39 Å². The Labute approximate surface area is 96.2 Å². The molecule has 0 aliphatic heterocycles. The summed E-state index contributed by atoms with van der Waals surface area (Å²) in [4.78, 5) is 0. The molecule has 3 N–H and O–H groups in total. The summed E-state index contributed by atoms with van der Waals surface area (Å²) in [6.45, 7) is 1.83. The third kappa shape index (κ3) is 2.60. The van der Waals surface area contributed by atoms with Gasteiger partial charge in [0.25, 0.3) is 0 Å². The molecule has 1 aromatic carbocycles. The first kappa shape index (κ1) is 12.3. The maximum absolute atomic E-state index is 13.2. The van der Waals surface area contributed by atoms with Crippen molar-refractivity contribution in [3.63, 3.8) is 0 Å². The number of nitrogens with two attached hydrogens (primary N) is 1. The van der Waals surface area contributed by atoms with E-state index in [-0.39, 0.29) is 11.8 Å². The summed E-state index contributed by atoms with van der Waals surface area (Å²) in [6.07, 6.45) is 0.498. The minimum Gasteiger partial charge on any atom is -0.502 e. The molecule has 0 amide bonds. The van der Waals surface area contributed by atoms with E-state index in [1.807, 2.05) is 6.92 Å². The van der Waals surface area contributed by atoms with Crippen molar-refractivity contribution in [1.29, 1.82) is 0 Å². The summed E-state index contributed by atoms with van der Waals surface area (Å²) in [5.74, 6) is -1.05. The van der Waals surface area contributed by atoms with Gasteiger partial charge in [0, 0.05) is 16.1 Å². The van der Waals surface area contributed by atoms with Gasteiger partial charge >= 0.3 is 0 Å². The fourth-order valence-corrected chi connectivity index (χ4v) is 1.90. The molecule has 0 spiro atoms. The number of rotatable bonds is 3. The lowest BCUT2D eigenvalue weighted by atomic mass is 10.1. The number of aromatic hydroxyl groups is 1. The highest BCUT2D eigenvalue weighted by Crippen LogP contribution is 2.38. The zero-order chi connectivity index (χ0) is 11.6. The van der Waals surface area contributed by atoms with Gasteiger partial charge in [-0.2, -0.15) is 0 Å². The molecule has 0 fully saturated rings. The van der Waals surface area contributed by atoms with Crippen LogP contribution < -0.4 is 10.5 Å². The van der Waals surface area contributed by atoms with Gasteiger partial charge in [-0.3, -0.25) is 0 Å². The first-order valence-corrected chi connectivity index (χ1v) is 5.26. The molecule has 0 aromatic heterocycles. The molecule has 0 radical (unpaired) electrons. The van der Waals surface area contributed by atoms with Crippen molar-refractivity contribution in [1.82, 2.24) is 0 Å². The second kappa shape index (κ2) is 4.81. The van der Waals surface area contributed by atoms with Crippen LogP contribution in [0.15, 0.2) is 10.5 Å². The summed E-state index contributed by atoms with van der Waals surface area (Å²) < 4.78 is 18.7. The molecule has 0 heterocycles. The average molecular weight is 278 g/mol. The van der Waals surface area contributed by atoms with Gasteiger partial charge in [-0.1, -0.05) is 15.9 Å². The molecule has 1 rings (SSSR count). The molecule has 0 aliphatic carbocycles. The van der Waals surface area contributed by atoms with Crippen LogP contribution in [0.25, 0.3) is 0 Å². The van der Waals surface area contributed by atoms with E-state index in [4.69, 9.17) is 10.5 Å². The zero-order valence-corrected chi connectivity index (χ0v) is 10.1. The lowest BCUT2D eigenvalue weighted by Crippen LogP contribution is -2.18. The minimum atomic E-state index is -0.716. The van der Waals surface area contributed by atoms with Gasteiger partial charge in [0.2, 0.25) is 0 Å². The van der Waals surface area contributed by atoms with Crippen LogP contribution in [0.5, 0.6) is 11.5 Å². The van der Waals surface area contributed by atoms with Crippen LogP contribution in [0, 0.1) is 5.82 Å². The number of hydrogen-bond acceptors (Lipinski definition) is 3. The Kier molecular flexibility index (Phi) is 3.93. The summed E-state index contributed by atoms with van der Waals surface area (Å²) in [6, 6.07) is 1.11. The number of phenolic OH excluding ortho intramolecular Hbond substituents is 1. The fourth-order valence-electron chi connectivity index (χ4n) is 1.36. The highest BCUT2D eigenvalue weighted by atomic mass is 79.9. The Morgan fingerprint density at radius 2 is 2.27 bits per heavy atom. The van der Waals surface area contributed by atoms with E-state index >= 15 is 0 Å². The molecule has 0 aliphatic rings. The number of ether oxygens (including phenoxy) is 1. The first-order chi connectivity index (χ1) is 6.97. The highest BCUT2D eigenvalue weighted by Gasteiger charge is 2.18. The van der Waals surface area contributed by atoms with Crippen LogP contribution >= 0.6 is 15.9 Å². The number of phenols is 1. The van der Waals surface area contributed by atoms with Crippen molar-refractivity contribution >= 4 is 15.9 Å². The lowest BCUT2D eigenvalue weighted by Gasteiger charge is -2.14. The average Bonchev–Trinajstić information content (AvgIpc) is 2.14. The lowest BCUT2D eigenvalue weighted by molar-refractivity contribution is 0.352. The third-order valence-electron chi connectivity index (χ3n) is 1.99. The summed E-state index contributed by atoms with van der Waals surface area (Å²) in [7, 11) is 1.38. The van der Waals surface area contributed by atoms with Crippen molar-refractivity contribution in [2.75, 3.05) is 7.11 Å². The standard InChI is InChI=1S/C10H13BrFNO2/c1-5(13)3-6-7(11)4-8(12)9(14)10(6)15-2/h4-5,14H,3,13H2,1-2H3. The predicted molar refractivity (Wildman–Crippen MR) is 59.7 cm³/mol. The topological polar surface area (TPSA) is 55.5 Å². The number of halogens is 2. The smallest absolute Gasteiger partial charge is 0.194 e. The van der Waals surface area contributed by atoms with Crippen molar-refractivity contribution in [3.8, 4) is 11.5 Å². The van der Waals surface area contributed by atoms with Gasteiger partial charge in [0.05, 0.1) is 7.11 Å². The van der Waals surface area contributed by atoms with Gasteiger partial charge in [-0.05, 0) is 19.4 Å². The quantitative estimate of drug-likeness (QED) is 0.891. The normalized spacial score (nSPS) is 12.6. The second-order valence-electron chi connectivity index (χ2n) is 3.38. The Balaban J connectivity index is 3.29. The largest absolute Gasteiger partial charge is 0.502 e. The second-order valence-corrected chi connectivity index (χ2v) is 4.24. The van der Waals surface area contributed by atoms with Gasteiger partial charge < -0.3 is 15.6 Å². The van der Waals surface area contributed by atoms with Crippen LogP contribution in [-0.2, 0) is 6.42 Å². The Morgan fingerprint density at radius 3 is 2.73 bits per heavy atom.